The molecule has 0 fully saturated rings. The first-order chi connectivity index (χ1) is 12.3. The number of rotatable bonds is 2. The molecule has 0 aliphatic carbocycles. The van der Waals surface area contributed by atoms with Crippen molar-refractivity contribution >= 4 is 17.6 Å². The maximum absolute atomic E-state index is 12.5. The van der Waals surface area contributed by atoms with Crippen LogP contribution in [0.2, 0.25) is 5.02 Å². The average Bonchev–Trinajstić information content (AvgIpc) is 2.76. The number of benzene rings is 2. The monoisotopic (exact) mass is 385 g/mol. The van der Waals surface area contributed by atoms with E-state index in [1.165, 1.54) is 0 Å². The van der Waals surface area contributed by atoms with Gasteiger partial charge in [0.15, 0.2) is 0 Å². The molecule has 1 unspecified atom stereocenters. The largest absolute Gasteiger partial charge is 0.491 e. The standard InChI is InChI=1S/C18H15ClF3NO3/c1-10-7-12(19)5-6-13(10)14-4-2-3-11-8-23-9-15(25-16(11)14)26-17(24)18(20,21)22/h2-7,15,23H,8-9H2,1H3. The van der Waals surface area contributed by atoms with Gasteiger partial charge in [0.25, 0.3) is 6.29 Å². The first-order valence-electron chi connectivity index (χ1n) is 7.79. The number of para-hydroxylation sites is 1. The Morgan fingerprint density at radius 2 is 2.04 bits per heavy atom. The van der Waals surface area contributed by atoms with E-state index in [4.69, 9.17) is 16.3 Å². The number of hydrogen-bond donors (Lipinski definition) is 1. The molecule has 0 bridgehead atoms. The lowest BCUT2D eigenvalue weighted by Gasteiger charge is -2.20. The molecule has 0 aromatic heterocycles. The molecule has 0 saturated carbocycles. The molecule has 0 radical (unpaired) electrons. The zero-order valence-corrected chi connectivity index (χ0v) is 14.4. The molecule has 1 N–H and O–H groups in total. The Labute approximate surface area is 152 Å². The SMILES string of the molecule is Cc1cc(Cl)ccc1-c1cccc2c1OC(OC(=O)C(F)(F)F)CNC2. The summed E-state index contributed by atoms with van der Waals surface area (Å²) in [7, 11) is 0. The van der Waals surface area contributed by atoms with E-state index in [1.807, 2.05) is 19.1 Å². The second-order valence-electron chi connectivity index (χ2n) is 5.83. The Balaban J connectivity index is 1.96. The number of carbonyl (C=O) groups excluding carboxylic acids is 1. The zero-order chi connectivity index (χ0) is 18.9. The Bertz CT molecular complexity index is 839. The lowest BCUT2D eigenvalue weighted by atomic mass is 9.97. The van der Waals surface area contributed by atoms with Gasteiger partial charge in [-0.25, -0.2) is 4.79 Å². The summed E-state index contributed by atoms with van der Waals surface area (Å²) in [6.45, 7) is 2.18. The minimum Gasteiger partial charge on any atom is -0.452 e. The van der Waals surface area contributed by atoms with Crippen molar-refractivity contribution in [3.63, 3.8) is 0 Å². The maximum atomic E-state index is 12.5. The van der Waals surface area contributed by atoms with Crippen LogP contribution in [-0.4, -0.2) is 25.0 Å². The van der Waals surface area contributed by atoms with Gasteiger partial charge >= 0.3 is 12.1 Å². The van der Waals surface area contributed by atoms with Gasteiger partial charge in [-0.2, -0.15) is 13.2 Å². The summed E-state index contributed by atoms with van der Waals surface area (Å²) in [5.41, 5.74) is 3.15. The Kier molecular flexibility index (Phi) is 5.11. The molecule has 1 heterocycles. The molecular weight excluding hydrogens is 371 g/mol. The molecule has 3 rings (SSSR count). The number of carbonyl (C=O) groups is 1. The number of hydrogen-bond acceptors (Lipinski definition) is 4. The van der Waals surface area contributed by atoms with Gasteiger partial charge in [0.2, 0.25) is 0 Å². The first kappa shape index (κ1) is 18.5. The van der Waals surface area contributed by atoms with Crippen LogP contribution in [0.4, 0.5) is 13.2 Å². The van der Waals surface area contributed by atoms with Crippen LogP contribution in [0.5, 0.6) is 5.75 Å². The van der Waals surface area contributed by atoms with Gasteiger partial charge in [-0.3, -0.25) is 0 Å². The normalized spacial score (nSPS) is 17.0. The fourth-order valence-electron chi connectivity index (χ4n) is 2.75. The van der Waals surface area contributed by atoms with Gasteiger partial charge in [0.1, 0.15) is 5.75 Å². The van der Waals surface area contributed by atoms with Crippen LogP contribution < -0.4 is 10.1 Å². The van der Waals surface area contributed by atoms with Crippen LogP contribution in [0.25, 0.3) is 11.1 Å². The van der Waals surface area contributed by atoms with Crippen molar-refractivity contribution in [2.75, 3.05) is 6.54 Å². The quantitative estimate of drug-likeness (QED) is 0.786. The topological polar surface area (TPSA) is 47.6 Å². The molecule has 1 atom stereocenters. The molecule has 26 heavy (non-hydrogen) atoms. The molecule has 4 nitrogen and oxygen atoms in total. The van der Waals surface area contributed by atoms with E-state index in [0.717, 1.165) is 16.7 Å². The van der Waals surface area contributed by atoms with E-state index in [1.54, 1.807) is 24.3 Å². The maximum Gasteiger partial charge on any atom is 0.491 e. The first-order valence-corrected chi connectivity index (χ1v) is 8.17. The summed E-state index contributed by atoms with van der Waals surface area (Å²) < 4.78 is 47.5. The Morgan fingerprint density at radius 1 is 1.27 bits per heavy atom. The summed E-state index contributed by atoms with van der Waals surface area (Å²) in [6, 6.07) is 10.7. The number of halogens is 4. The highest BCUT2D eigenvalue weighted by Crippen LogP contribution is 2.37. The van der Waals surface area contributed by atoms with E-state index >= 15 is 0 Å². The number of alkyl halides is 3. The minimum atomic E-state index is -5.08. The van der Waals surface area contributed by atoms with Crippen LogP contribution in [0.1, 0.15) is 11.1 Å². The second-order valence-corrected chi connectivity index (χ2v) is 6.27. The van der Waals surface area contributed by atoms with Gasteiger partial charge < -0.3 is 14.8 Å². The molecule has 138 valence electrons. The Morgan fingerprint density at radius 3 is 2.73 bits per heavy atom. The summed E-state index contributed by atoms with van der Waals surface area (Å²) in [4.78, 5) is 11.1. The van der Waals surface area contributed by atoms with Crippen LogP contribution in [0, 0.1) is 6.92 Å². The van der Waals surface area contributed by atoms with Crippen LogP contribution in [0.3, 0.4) is 0 Å². The predicted molar refractivity (Wildman–Crippen MR) is 89.9 cm³/mol. The summed E-state index contributed by atoms with van der Waals surface area (Å²) >= 11 is 5.99. The van der Waals surface area contributed by atoms with E-state index in [-0.39, 0.29) is 6.54 Å². The molecule has 0 amide bonds. The van der Waals surface area contributed by atoms with Crippen molar-refractivity contribution in [2.24, 2.45) is 0 Å². The molecular formula is C18H15ClF3NO3. The molecule has 0 saturated heterocycles. The smallest absolute Gasteiger partial charge is 0.452 e. The van der Waals surface area contributed by atoms with E-state index in [2.05, 4.69) is 10.1 Å². The summed E-state index contributed by atoms with van der Waals surface area (Å²) in [5.74, 6) is -1.91. The lowest BCUT2D eigenvalue weighted by molar-refractivity contribution is -0.215. The van der Waals surface area contributed by atoms with E-state index in [9.17, 15) is 18.0 Å². The van der Waals surface area contributed by atoms with Crippen LogP contribution >= 0.6 is 11.6 Å². The minimum absolute atomic E-state index is 0.0600. The zero-order valence-electron chi connectivity index (χ0n) is 13.7. The number of ether oxygens (including phenoxy) is 2. The van der Waals surface area contributed by atoms with E-state index < -0.39 is 18.4 Å². The average molecular weight is 386 g/mol. The highest BCUT2D eigenvalue weighted by molar-refractivity contribution is 6.30. The van der Waals surface area contributed by atoms with E-state index in [0.29, 0.717) is 22.9 Å². The Hall–Kier alpha value is -2.25. The second kappa shape index (κ2) is 7.17. The number of fused-ring (bicyclic) bond motifs is 1. The van der Waals surface area contributed by atoms with Crippen LogP contribution in [-0.2, 0) is 16.1 Å². The van der Waals surface area contributed by atoms with Gasteiger partial charge in [-0.1, -0.05) is 35.9 Å². The summed E-state index contributed by atoms with van der Waals surface area (Å²) in [5, 5.41) is 3.50. The van der Waals surface area contributed by atoms with Crippen molar-refractivity contribution in [3.8, 4) is 16.9 Å². The molecule has 1 aliphatic heterocycles. The molecule has 8 heteroatoms. The highest BCUT2D eigenvalue weighted by Gasteiger charge is 2.43. The fraction of sp³-hybridized carbons (Fsp3) is 0.278. The lowest BCUT2D eigenvalue weighted by Crippen LogP contribution is -2.37. The van der Waals surface area contributed by atoms with Gasteiger partial charge in [0, 0.05) is 22.7 Å². The van der Waals surface area contributed by atoms with Gasteiger partial charge in [-0.05, 0) is 30.2 Å². The van der Waals surface area contributed by atoms with Crippen molar-refractivity contribution < 1.29 is 27.4 Å². The highest BCUT2D eigenvalue weighted by atomic mass is 35.5. The third-order valence-corrected chi connectivity index (χ3v) is 4.16. The predicted octanol–water partition coefficient (Wildman–Crippen LogP) is 4.23. The number of aryl methyl sites for hydroxylation is 1. The van der Waals surface area contributed by atoms with Crippen molar-refractivity contribution in [1.82, 2.24) is 5.32 Å². The molecule has 2 aromatic rings. The number of esters is 1. The van der Waals surface area contributed by atoms with Crippen molar-refractivity contribution in [3.05, 3.63) is 52.5 Å². The third kappa shape index (κ3) is 3.94. The van der Waals surface area contributed by atoms with Crippen molar-refractivity contribution in [2.45, 2.75) is 25.9 Å². The molecule has 2 aromatic carbocycles. The number of nitrogens with one attached hydrogen (secondary N) is 1. The molecule has 0 spiro atoms. The van der Waals surface area contributed by atoms with Crippen LogP contribution in [0.15, 0.2) is 36.4 Å². The summed E-state index contributed by atoms with van der Waals surface area (Å²) in [6.07, 6.45) is -6.47. The van der Waals surface area contributed by atoms with Gasteiger partial charge in [-0.15, -0.1) is 0 Å². The van der Waals surface area contributed by atoms with Crippen molar-refractivity contribution in [1.29, 1.82) is 0 Å². The molecule has 1 aliphatic rings. The fourth-order valence-corrected chi connectivity index (χ4v) is 2.98. The third-order valence-electron chi connectivity index (χ3n) is 3.92. The van der Waals surface area contributed by atoms with Gasteiger partial charge in [0.05, 0.1) is 6.54 Å².